The first-order chi connectivity index (χ1) is 10.7. The van der Waals surface area contributed by atoms with Gasteiger partial charge in [0.1, 0.15) is 13.2 Å². The van der Waals surface area contributed by atoms with Gasteiger partial charge in [-0.3, -0.25) is 0 Å². The molecule has 2 heterocycles. The number of benzene rings is 1. The Balaban J connectivity index is 1.51. The Morgan fingerprint density at radius 1 is 1.27 bits per heavy atom. The van der Waals surface area contributed by atoms with Gasteiger partial charge in [0, 0.05) is 32.7 Å². The number of carbonyl (C=O) groups is 1. The fourth-order valence-corrected chi connectivity index (χ4v) is 2.64. The van der Waals surface area contributed by atoms with Crippen LogP contribution in [0.1, 0.15) is 12.0 Å². The molecule has 1 fully saturated rings. The molecule has 22 heavy (non-hydrogen) atoms. The van der Waals surface area contributed by atoms with E-state index in [4.69, 9.17) is 14.2 Å². The van der Waals surface area contributed by atoms with Gasteiger partial charge < -0.3 is 24.4 Å². The number of amides is 2. The molecule has 0 spiro atoms. The predicted octanol–water partition coefficient (Wildman–Crippen LogP) is 1.64. The van der Waals surface area contributed by atoms with Gasteiger partial charge in [-0.2, -0.15) is 0 Å². The second-order valence-electron chi connectivity index (χ2n) is 5.75. The lowest BCUT2D eigenvalue weighted by atomic mass is 10.1. The van der Waals surface area contributed by atoms with E-state index in [0.29, 0.717) is 32.2 Å². The molecule has 2 aliphatic heterocycles. The van der Waals surface area contributed by atoms with Crippen molar-refractivity contribution in [1.82, 2.24) is 10.2 Å². The van der Waals surface area contributed by atoms with Crippen molar-refractivity contribution in [2.24, 2.45) is 5.92 Å². The van der Waals surface area contributed by atoms with Crippen molar-refractivity contribution < 1.29 is 19.0 Å². The number of fused-ring (bicyclic) bond motifs is 1. The fourth-order valence-electron chi connectivity index (χ4n) is 2.64. The second-order valence-corrected chi connectivity index (χ2v) is 5.75. The molecule has 2 amide bonds. The fraction of sp³-hybridized carbons (Fsp3) is 0.562. The molecule has 1 aromatic rings. The van der Waals surface area contributed by atoms with E-state index in [0.717, 1.165) is 36.7 Å². The molecular weight excluding hydrogens is 284 g/mol. The molecular formula is C16H22N2O4. The molecule has 2 aliphatic rings. The summed E-state index contributed by atoms with van der Waals surface area (Å²) in [5, 5.41) is 2.96. The molecule has 1 N–H and O–H groups in total. The van der Waals surface area contributed by atoms with Gasteiger partial charge >= 0.3 is 6.03 Å². The highest BCUT2D eigenvalue weighted by atomic mass is 16.6. The van der Waals surface area contributed by atoms with Gasteiger partial charge in [-0.25, -0.2) is 4.79 Å². The van der Waals surface area contributed by atoms with Crippen molar-refractivity contribution >= 4 is 6.03 Å². The van der Waals surface area contributed by atoms with Crippen LogP contribution >= 0.6 is 0 Å². The van der Waals surface area contributed by atoms with Crippen LogP contribution in [0.2, 0.25) is 0 Å². The average Bonchev–Trinajstić information content (AvgIpc) is 3.06. The molecule has 3 rings (SSSR count). The number of hydrogen-bond acceptors (Lipinski definition) is 4. The molecule has 0 saturated carbocycles. The Hall–Kier alpha value is -1.95. The quantitative estimate of drug-likeness (QED) is 0.918. The lowest BCUT2D eigenvalue weighted by Gasteiger charge is -2.22. The van der Waals surface area contributed by atoms with Crippen LogP contribution in [0.5, 0.6) is 11.5 Å². The second kappa shape index (κ2) is 6.87. The Morgan fingerprint density at radius 3 is 2.86 bits per heavy atom. The number of hydrogen-bond donors (Lipinski definition) is 1. The zero-order valence-electron chi connectivity index (χ0n) is 12.8. The summed E-state index contributed by atoms with van der Waals surface area (Å²) in [5.41, 5.74) is 1.02. The summed E-state index contributed by atoms with van der Waals surface area (Å²) in [5.74, 6) is 1.95. The molecule has 0 radical (unpaired) electrons. The third-order valence-corrected chi connectivity index (χ3v) is 3.94. The Morgan fingerprint density at radius 2 is 2.09 bits per heavy atom. The number of ether oxygens (including phenoxy) is 3. The standard InChI is InChI=1S/C16H22N2O4/c1-18(16(19)17-9-13-4-5-20-11-13)10-12-2-3-14-15(8-12)22-7-6-21-14/h2-3,8,13H,4-7,9-11H2,1H3,(H,17,19)/t13-/m0/s1. The lowest BCUT2D eigenvalue weighted by Crippen LogP contribution is -2.39. The number of urea groups is 1. The molecule has 1 aromatic carbocycles. The first kappa shape index (κ1) is 15.0. The van der Waals surface area contributed by atoms with Crippen LogP contribution in [0.25, 0.3) is 0 Å². The van der Waals surface area contributed by atoms with E-state index in [1.54, 1.807) is 11.9 Å². The van der Waals surface area contributed by atoms with Gasteiger partial charge in [0.25, 0.3) is 0 Å². The predicted molar refractivity (Wildman–Crippen MR) is 81.2 cm³/mol. The number of nitrogens with zero attached hydrogens (tertiary/aromatic N) is 1. The highest BCUT2D eigenvalue weighted by Gasteiger charge is 2.18. The molecule has 1 atom stereocenters. The maximum Gasteiger partial charge on any atom is 0.317 e. The summed E-state index contributed by atoms with van der Waals surface area (Å²) in [4.78, 5) is 13.8. The molecule has 0 bridgehead atoms. The minimum Gasteiger partial charge on any atom is -0.486 e. The van der Waals surface area contributed by atoms with Crippen molar-refractivity contribution in [2.75, 3.05) is 40.0 Å². The van der Waals surface area contributed by atoms with Crippen LogP contribution in [-0.4, -0.2) is 51.0 Å². The summed E-state index contributed by atoms with van der Waals surface area (Å²) in [6.45, 7) is 3.89. The monoisotopic (exact) mass is 306 g/mol. The highest BCUT2D eigenvalue weighted by molar-refractivity contribution is 5.73. The van der Waals surface area contributed by atoms with Crippen molar-refractivity contribution in [1.29, 1.82) is 0 Å². The summed E-state index contributed by atoms with van der Waals surface area (Å²) >= 11 is 0. The molecule has 6 nitrogen and oxygen atoms in total. The van der Waals surface area contributed by atoms with E-state index in [1.165, 1.54) is 0 Å². The van der Waals surface area contributed by atoms with E-state index in [9.17, 15) is 4.79 Å². The van der Waals surface area contributed by atoms with Gasteiger partial charge in [0.15, 0.2) is 11.5 Å². The van der Waals surface area contributed by atoms with Gasteiger partial charge in [0.05, 0.1) is 6.61 Å². The summed E-state index contributed by atoms with van der Waals surface area (Å²) in [6, 6.07) is 5.72. The smallest absolute Gasteiger partial charge is 0.317 e. The average molecular weight is 306 g/mol. The van der Waals surface area contributed by atoms with Crippen LogP contribution in [-0.2, 0) is 11.3 Å². The largest absolute Gasteiger partial charge is 0.486 e. The topological polar surface area (TPSA) is 60.0 Å². The molecule has 0 unspecified atom stereocenters. The maximum atomic E-state index is 12.1. The molecule has 1 saturated heterocycles. The normalized spacial score (nSPS) is 19.8. The van der Waals surface area contributed by atoms with Crippen molar-refractivity contribution in [3.63, 3.8) is 0 Å². The third kappa shape index (κ3) is 3.62. The van der Waals surface area contributed by atoms with Gasteiger partial charge in [-0.05, 0) is 24.1 Å². The molecule has 0 aromatic heterocycles. The number of nitrogens with one attached hydrogen (secondary N) is 1. The highest BCUT2D eigenvalue weighted by Crippen LogP contribution is 2.31. The zero-order valence-corrected chi connectivity index (χ0v) is 12.8. The molecule has 0 aliphatic carbocycles. The van der Waals surface area contributed by atoms with E-state index >= 15 is 0 Å². The first-order valence-corrected chi connectivity index (χ1v) is 7.67. The van der Waals surface area contributed by atoms with Crippen LogP contribution in [0.3, 0.4) is 0 Å². The van der Waals surface area contributed by atoms with Crippen molar-refractivity contribution in [2.45, 2.75) is 13.0 Å². The first-order valence-electron chi connectivity index (χ1n) is 7.67. The van der Waals surface area contributed by atoms with E-state index in [1.807, 2.05) is 18.2 Å². The zero-order chi connectivity index (χ0) is 15.4. The summed E-state index contributed by atoms with van der Waals surface area (Å²) in [7, 11) is 1.79. The van der Waals surface area contributed by atoms with E-state index < -0.39 is 0 Å². The molecule has 6 heteroatoms. The Kier molecular flexibility index (Phi) is 4.68. The van der Waals surface area contributed by atoms with Gasteiger partial charge in [-0.15, -0.1) is 0 Å². The lowest BCUT2D eigenvalue weighted by molar-refractivity contribution is 0.171. The van der Waals surface area contributed by atoms with Gasteiger partial charge in [0.2, 0.25) is 0 Å². The Bertz CT molecular complexity index is 529. The SMILES string of the molecule is CN(Cc1ccc2c(c1)OCCO2)C(=O)NC[C@@H]1CCOC1. The van der Waals surface area contributed by atoms with Crippen LogP contribution in [0.15, 0.2) is 18.2 Å². The van der Waals surface area contributed by atoms with E-state index in [-0.39, 0.29) is 6.03 Å². The van der Waals surface area contributed by atoms with Crippen molar-refractivity contribution in [3.8, 4) is 11.5 Å². The van der Waals surface area contributed by atoms with E-state index in [2.05, 4.69) is 5.32 Å². The van der Waals surface area contributed by atoms with Crippen LogP contribution in [0, 0.1) is 5.92 Å². The van der Waals surface area contributed by atoms with Crippen LogP contribution in [0.4, 0.5) is 4.79 Å². The van der Waals surface area contributed by atoms with Crippen LogP contribution < -0.4 is 14.8 Å². The summed E-state index contributed by atoms with van der Waals surface area (Å²) < 4.78 is 16.4. The Labute approximate surface area is 130 Å². The number of carbonyl (C=O) groups excluding carboxylic acids is 1. The maximum absolute atomic E-state index is 12.1. The van der Waals surface area contributed by atoms with Gasteiger partial charge in [-0.1, -0.05) is 6.07 Å². The molecule has 120 valence electrons. The minimum atomic E-state index is -0.0678. The number of rotatable bonds is 4. The van der Waals surface area contributed by atoms with Crippen molar-refractivity contribution in [3.05, 3.63) is 23.8 Å². The minimum absolute atomic E-state index is 0.0678. The summed E-state index contributed by atoms with van der Waals surface area (Å²) in [6.07, 6.45) is 1.02. The third-order valence-electron chi connectivity index (χ3n) is 3.94.